The molecule has 1 aliphatic heterocycles. The molecule has 1 saturated heterocycles. The minimum absolute atomic E-state index is 0.0426. The number of nitrogens with zero attached hydrogens (tertiary/aromatic N) is 2. The Morgan fingerprint density at radius 3 is 2.54 bits per heavy atom. The van der Waals surface area contributed by atoms with E-state index in [1.807, 2.05) is 4.90 Å². The number of hydrogen-bond donors (Lipinski definition) is 1. The summed E-state index contributed by atoms with van der Waals surface area (Å²) in [7, 11) is 1.71. The number of pyridine rings is 1. The number of halogens is 3. The van der Waals surface area contributed by atoms with Crippen molar-refractivity contribution in [3.8, 4) is 0 Å². The Morgan fingerprint density at radius 1 is 1.31 bits per heavy atom. The zero-order valence-electron chi connectivity index (χ0n) is 14.8. The molecule has 3 rings (SSSR count). The van der Waals surface area contributed by atoms with Gasteiger partial charge in [-0.1, -0.05) is 0 Å². The molecule has 1 aromatic heterocycles. The average Bonchev–Trinajstić information content (AvgIpc) is 2.60. The number of alkyl halides is 3. The number of methoxy groups -OCH3 is 1. The van der Waals surface area contributed by atoms with Crippen LogP contribution in [-0.2, 0) is 15.7 Å². The van der Waals surface area contributed by atoms with Gasteiger partial charge in [-0.05, 0) is 43.7 Å². The van der Waals surface area contributed by atoms with Crippen molar-refractivity contribution in [2.45, 2.75) is 38.0 Å². The maximum atomic E-state index is 12.6. The monoisotopic (exact) mass is 371 g/mol. The average molecular weight is 371 g/mol. The van der Waals surface area contributed by atoms with E-state index in [1.165, 1.54) is 6.07 Å². The van der Waals surface area contributed by atoms with Crippen LogP contribution in [0.25, 0.3) is 0 Å². The summed E-state index contributed by atoms with van der Waals surface area (Å²) < 4.78 is 43.0. The maximum absolute atomic E-state index is 12.6. The molecule has 1 aromatic rings. The topological polar surface area (TPSA) is 54.5 Å². The number of carbonyl (C=O) groups is 1. The van der Waals surface area contributed by atoms with Crippen LogP contribution in [0.15, 0.2) is 18.3 Å². The molecule has 0 bridgehead atoms. The molecule has 1 N–H and O–H groups in total. The van der Waals surface area contributed by atoms with Gasteiger partial charge in [0.05, 0.1) is 11.7 Å². The quantitative estimate of drug-likeness (QED) is 0.865. The van der Waals surface area contributed by atoms with Crippen LogP contribution < -0.4 is 10.2 Å². The van der Waals surface area contributed by atoms with Gasteiger partial charge in [0.15, 0.2) is 0 Å². The summed E-state index contributed by atoms with van der Waals surface area (Å²) in [5.74, 6) is 1.06. The molecular formula is C18H24F3N3O2. The van der Waals surface area contributed by atoms with Crippen LogP contribution in [0.3, 0.4) is 0 Å². The van der Waals surface area contributed by atoms with Crippen molar-refractivity contribution in [2.75, 3.05) is 31.6 Å². The molecule has 144 valence electrons. The first-order chi connectivity index (χ1) is 12.4. The summed E-state index contributed by atoms with van der Waals surface area (Å²) in [4.78, 5) is 18.1. The van der Waals surface area contributed by atoms with Crippen LogP contribution in [0.2, 0.25) is 0 Å². The van der Waals surface area contributed by atoms with Gasteiger partial charge >= 0.3 is 6.18 Å². The molecule has 0 unspecified atom stereocenters. The van der Waals surface area contributed by atoms with E-state index in [1.54, 1.807) is 7.11 Å². The molecule has 0 radical (unpaired) electrons. The molecule has 1 amide bonds. The van der Waals surface area contributed by atoms with Gasteiger partial charge in [-0.3, -0.25) is 4.79 Å². The SMILES string of the molecule is COC1CC(CNC(=O)C2CCN(c3ccc(C(F)(F)F)cn3)CC2)C1. The zero-order valence-corrected chi connectivity index (χ0v) is 14.8. The first-order valence-corrected chi connectivity index (χ1v) is 8.95. The first kappa shape index (κ1) is 18.9. The summed E-state index contributed by atoms with van der Waals surface area (Å²) >= 11 is 0. The van der Waals surface area contributed by atoms with Crippen LogP contribution in [-0.4, -0.2) is 43.7 Å². The zero-order chi connectivity index (χ0) is 18.7. The lowest BCUT2D eigenvalue weighted by atomic mass is 9.82. The van der Waals surface area contributed by atoms with Gasteiger partial charge in [-0.2, -0.15) is 13.2 Å². The predicted octanol–water partition coefficient (Wildman–Crippen LogP) is 2.86. The Kier molecular flexibility index (Phi) is 5.70. The fraction of sp³-hybridized carbons (Fsp3) is 0.667. The third-order valence-electron chi connectivity index (χ3n) is 5.36. The van der Waals surface area contributed by atoms with Gasteiger partial charge in [0.25, 0.3) is 0 Å². The smallest absolute Gasteiger partial charge is 0.381 e. The Bertz CT molecular complexity index is 607. The number of amides is 1. The van der Waals surface area contributed by atoms with Crippen molar-refractivity contribution in [1.82, 2.24) is 10.3 Å². The van der Waals surface area contributed by atoms with Crippen molar-refractivity contribution in [2.24, 2.45) is 11.8 Å². The lowest BCUT2D eigenvalue weighted by Crippen LogP contribution is -2.44. The van der Waals surface area contributed by atoms with Gasteiger partial charge in [0, 0.05) is 38.9 Å². The van der Waals surface area contributed by atoms with Crippen molar-refractivity contribution < 1.29 is 22.7 Å². The number of aromatic nitrogens is 1. The van der Waals surface area contributed by atoms with E-state index >= 15 is 0 Å². The summed E-state index contributed by atoms with van der Waals surface area (Å²) in [6.45, 7) is 1.93. The van der Waals surface area contributed by atoms with Crippen LogP contribution in [0.1, 0.15) is 31.2 Å². The van der Waals surface area contributed by atoms with E-state index in [2.05, 4.69) is 10.3 Å². The van der Waals surface area contributed by atoms with Crippen LogP contribution in [0.5, 0.6) is 0 Å². The molecule has 8 heteroatoms. The van der Waals surface area contributed by atoms with Crippen LogP contribution >= 0.6 is 0 Å². The predicted molar refractivity (Wildman–Crippen MR) is 90.7 cm³/mol. The highest BCUT2D eigenvalue weighted by atomic mass is 19.4. The molecule has 1 aliphatic carbocycles. The highest BCUT2D eigenvalue weighted by Crippen LogP contribution is 2.31. The molecular weight excluding hydrogens is 347 g/mol. The number of piperidine rings is 1. The molecule has 2 aliphatic rings. The number of ether oxygens (including phenoxy) is 1. The van der Waals surface area contributed by atoms with Crippen molar-refractivity contribution >= 4 is 11.7 Å². The molecule has 2 fully saturated rings. The van der Waals surface area contributed by atoms with Crippen molar-refractivity contribution in [1.29, 1.82) is 0 Å². The Morgan fingerprint density at radius 2 is 2.00 bits per heavy atom. The minimum atomic E-state index is -4.37. The summed E-state index contributed by atoms with van der Waals surface area (Å²) in [6.07, 6.45) is 0.167. The molecule has 2 heterocycles. The second-order valence-corrected chi connectivity index (χ2v) is 7.10. The van der Waals surface area contributed by atoms with Gasteiger partial charge < -0.3 is 15.0 Å². The number of nitrogens with one attached hydrogen (secondary N) is 1. The molecule has 1 saturated carbocycles. The third-order valence-corrected chi connectivity index (χ3v) is 5.36. The highest BCUT2D eigenvalue weighted by molar-refractivity contribution is 5.79. The Labute approximate surface area is 150 Å². The maximum Gasteiger partial charge on any atom is 0.417 e. The van der Waals surface area contributed by atoms with Crippen molar-refractivity contribution in [3.05, 3.63) is 23.9 Å². The molecule has 0 aromatic carbocycles. The van der Waals surface area contributed by atoms with E-state index in [4.69, 9.17) is 4.74 Å². The normalized spacial score (nSPS) is 24.2. The Balaban J connectivity index is 1.43. The number of rotatable bonds is 5. The molecule has 5 nitrogen and oxygen atoms in total. The van der Waals surface area contributed by atoms with Gasteiger partial charge in [-0.25, -0.2) is 4.98 Å². The second kappa shape index (κ2) is 7.82. The second-order valence-electron chi connectivity index (χ2n) is 7.10. The lowest BCUT2D eigenvalue weighted by Gasteiger charge is -2.35. The van der Waals surface area contributed by atoms with E-state index in [0.29, 0.717) is 50.3 Å². The fourth-order valence-electron chi connectivity index (χ4n) is 3.53. The van der Waals surface area contributed by atoms with E-state index in [0.717, 1.165) is 25.1 Å². The largest absolute Gasteiger partial charge is 0.417 e. The number of anilines is 1. The molecule has 0 spiro atoms. The fourth-order valence-corrected chi connectivity index (χ4v) is 3.53. The van der Waals surface area contributed by atoms with Gasteiger partial charge in [0.2, 0.25) is 5.91 Å². The summed E-state index contributed by atoms with van der Waals surface area (Å²) in [6, 6.07) is 2.44. The van der Waals surface area contributed by atoms with Gasteiger partial charge in [0.1, 0.15) is 5.82 Å². The number of hydrogen-bond acceptors (Lipinski definition) is 4. The third kappa shape index (κ3) is 4.47. The van der Waals surface area contributed by atoms with E-state index in [-0.39, 0.29) is 11.8 Å². The number of carbonyl (C=O) groups excluding carboxylic acids is 1. The van der Waals surface area contributed by atoms with E-state index in [9.17, 15) is 18.0 Å². The minimum Gasteiger partial charge on any atom is -0.381 e. The highest BCUT2D eigenvalue weighted by Gasteiger charge is 2.32. The first-order valence-electron chi connectivity index (χ1n) is 8.95. The summed E-state index contributed by atoms with van der Waals surface area (Å²) in [5, 5.41) is 3.02. The van der Waals surface area contributed by atoms with Crippen molar-refractivity contribution in [3.63, 3.8) is 0 Å². The molecule has 0 atom stereocenters. The standard InChI is InChI=1S/C18H24F3N3O2/c1-26-15-8-12(9-15)10-23-17(25)13-4-6-24(7-5-13)16-3-2-14(11-22-16)18(19,20)21/h2-3,11-13,15H,4-10H2,1H3,(H,23,25). The van der Waals surface area contributed by atoms with Gasteiger partial charge in [-0.15, -0.1) is 0 Å². The molecule has 26 heavy (non-hydrogen) atoms. The Hall–Kier alpha value is -1.83. The van der Waals surface area contributed by atoms with E-state index < -0.39 is 11.7 Å². The lowest BCUT2D eigenvalue weighted by molar-refractivity contribution is -0.137. The van der Waals surface area contributed by atoms with Crippen LogP contribution in [0, 0.1) is 11.8 Å². The summed E-state index contributed by atoms with van der Waals surface area (Å²) in [5.41, 5.74) is -0.748. The van der Waals surface area contributed by atoms with Crippen LogP contribution in [0.4, 0.5) is 19.0 Å².